The van der Waals surface area contributed by atoms with E-state index in [1.54, 1.807) is 0 Å². The Hall–Kier alpha value is -1.06. The van der Waals surface area contributed by atoms with Crippen LogP contribution < -0.4 is 5.73 Å². The fourth-order valence-corrected chi connectivity index (χ4v) is 1.22. The lowest BCUT2D eigenvalue weighted by molar-refractivity contribution is -0.159. The highest BCUT2D eigenvalue weighted by atomic mass is 19.4. The second-order valence-corrected chi connectivity index (χ2v) is 3.72. The van der Waals surface area contributed by atoms with Crippen molar-refractivity contribution in [1.82, 2.24) is 4.90 Å². The van der Waals surface area contributed by atoms with Crippen molar-refractivity contribution >= 4 is 5.84 Å². The van der Waals surface area contributed by atoms with Crippen molar-refractivity contribution in [3.05, 3.63) is 0 Å². The van der Waals surface area contributed by atoms with Gasteiger partial charge in [-0.3, -0.25) is 0 Å². The number of amidine groups is 1. The summed E-state index contributed by atoms with van der Waals surface area (Å²) in [6.45, 7) is 0.000756. The van der Waals surface area contributed by atoms with Gasteiger partial charge in [-0.2, -0.15) is 13.2 Å². The van der Waals surface area contributed by atoms with Crippen molar-refractivity contribution in [2.45, 2.75) is 6.18 Å². The Morgan fingerprint density at radius 2 is 2.06 bits per heavy atom. The van der Waals surface area contributed by atoms with E-state index >= 15 is 0 Å². The van der Waals surface area contributed by atoms with Crippen molar-refractivity contribution in [3.8, 4) is 0 Å². The van der Waals surface area contributed by atoms with Gasteiger partial charge in [-0.1, -0.05) is 5.16 Å². The quantitative estimate of drug-likeness (QED) is 0.188. The normalized spacial score (nSPS) is 15.1. The number of ether oxygens (including phenoxy) is 1. The van der Waals surface area contributed by atoms with E-state index in [0.29, 0.717) is 0 Å². The molecule has 6 nitrogen and oxygen atoms in total. The first-order valence-corrected chi connectivity index (χ1v) is 5.24. The average Bonchev–Trinajstić information content (AvgIpc) is 2.29. The largest absolute Gasteiger partial charge is 0.409 e. The van der Waals surface area contributed by atoms with Crippen LogP contribution in [0.2, 0.25) is 0 Å². The molecule has 0 aromatic heterocycles. The third-order valence-corrected chi connectivity index (χ3v) is 2.21. The number of aliphatic hydroxyl groups excluding tert-OH is 1. The number of hydrogen-bond donors (Lipinski definition) is 3. The molecule has 0 aliphatic carbocycles. The van der Waals surface area contributed by atoms with E-state index in [9.17, 15) is 13.2 Å². The van der Waals surface area contributed by atoms with Gasteiger partial charge < -0.3 is 25.7 Å². The third kappa shape index (κ3) is 6.62. The molecule has 0 heterocycles. The molecule has 0 aromatic carbocycles. The molecule has 0 aliphatic rings. The number of nitrogens with zero attached hydrogens (tertiary/aromatic N) is 2. The predicted octanol–water partition coefficient (Wildman–Crippen LogP) is -0.148. The van der Waals surface area contributed by atoms with Crippen LogP contribution in [0, 0.1) is 5.92 Å². The minimum absolute atomic E-state index is 0.136. The van der Waals surface area contributed by atoms with E-state index in [2.05, 4.69) is 5.16 Å². The molecule has 0 spiro atoms. The zero-order chi connectivity index (χ0) is 14.2. The summed E-state index contributed by atoms with van der Waals surface area (Å²) in [4.78, 5) is 1.35. The van der Waals surface area contributed by atoms with Gasteiger partial charge in [0.15, 0.2) is 5.84 Å². The van der Waals surface area contributed by atoms with Crippen molar-refractivity contribution in [2.75, 3.05) is 40.0 Å². The number of likely N-dealkylation sites (N-methyl/N-ethyl adjacent to an activating group) is 1. The van der Waals surface area contributed by atoms with E-state index in [0.717, 1.165) is 0 Å². The molecule has 0 rings (SSSR count). The van der Waals surface area contributed by atoms with Gasteiger partial charge in [-0.05, 0) is 7.05 Å². The molecular formula is C9H18F3N3O3. The fraction of sp³-hybridized carbons (Fsp3) is 0.889. The fourth-order valence-electron chi connectivity index (χ4n) is 1.22. The van der Waals surface area contributed by atoms with Crippen LogP contribution in [0.1, 0.15) is 0 Å². The minimum Gasteiger partial charge on any atom is -0.409 e. The van der Waals surface area contributed by atoms with Crippen LogP contribution in [-0.4, -0.2) is 67.2 Å². The topological polar surface area (TPSA) is 91.3 Å². The second kappa shape index (κ2) is 8.11. The number of hydrogen-bond acceptors (Lipinski definition) is 5. The highest BCUT2D eigenvalue weighted by molar-refractivity contribution is 5.83. The monoisotopic (exact) mass is 273 g/mol. The summed E-state index contributed by atoms with van der Waals surface area (Å²) < 4.78 is 42.7. The van der Waals surface area contributed by atoms with E-state index < -0.39 is 24.5 Å². The molecule has 0 fully saturated rings. The lowest BCUT2D eigenvalue weighted by atomic mass is 10.1. The molecule has 0 saturated heterocycles. The zero-order valence-electron chi connectivity index (χ0n) is 10.0. The van der Waals surface area contributed by atoms with Crippen LogP contribution in [0.4, 0.5) is 13.2 Å². The van der Waals surface area contributed by atoms with Crippen LogP contribution >= 0.6 is 0 Å². The van der Waals surface area contributed by atoms with E-state index in [-0.39, 0.29) is 26.4 Å². The average molecular weight is 273 g/mol. The number of nitrogens with two attached hydrogens (primary N) is 1. The molecule has 1 unspecified atom stereocenters. The second-order valence-electron chi connectivity index (χ2n) is 3.72. The standard InChI is InChI=1S/C9H18F3N3O3/c1-15(2-4-18-5-3-16)6-7(8(13)14-17)9(10,11)12/h7,16-17H,2-6H2,1H3,(H2,13,14). The first-order chi connectivity index (χ1) is 8.32. The highest BCUT2D eigenvalue weighted by Gasteiger charge is 2.43. The number of aliphatic hydroxyl groups is 1. The maximum Gasteiger partial charge on any atom is 0.400 e. The van der Waals surface area contributed by atoms with Crippen molar-refractivity contribution < 1.29 is 28.2 Å². The SMILES string of the molecule is CN(CCOCCO)CC(C(N)=NO)C(F)(F)F. The molecule has 1 atom stereocenters. The maximum atomic E-state index is 12.6. The molecular weight excluding hydrogens is 255 g/mol. The Morgan fingerprint density at radius 3 is 2.50 bits per heavy atom. The molecule has 4 N–H and O–H groups in total. The van der Waals surface area contributed by atoms with Crippen molar-refractivity contribution in [3.63, 3.8) is 0 Å². The van der Waals surface area contributed by atoms with Gasteiger partial charge in [-0.25, -0.2) is 0 Å². The summed E-state index contributed by atoms with van der Waals surface area (Å²) in [6.07, 6.45) is -4.57. The lowest BCUT2D eigenvalue weighted by Crippen LogP contribution is -2.44. The summed E-state index contributed by atoms with van der Waals surface area (Å²) in [6, 6.07) is 0. The first-order valence-electron chi connectivity index (χ1n) is 5.24. The van der Waals surface area contributed by atoms with Gasteiger partial charge in [0, 0.05) is 13.1 Å². The molecule has 0 saturated carbocycles. The smallest absolute Gasteiger partial charge is 0.400 e. The van der Waals surface area contributed by atoms with E-state index in [1.807, 2.05) is 0 Å². The van der Waals surface area contributed by atoms with Gasteiger partial charge in [-0.15, -0.1) is 0 Å². The van der Waals surface area contributed by atoms with Gasteiger partial charge in [0.05, 0.1) is 19.8 Å². The zero-order valence-corrected chi connectivity index (χ0v) is 10.0. The van der Waals surface area contributed by atoms with Gasteiger partial charge >= 0.3 is 6.18 Å². The Bertz CT molecular complexity index is 261. The summed E-state index contributed by atoms with van der Waals surface area (Å²) in [5, 5.41) is 19.2. The number of oxime groups is 1. The molecule has 18 heavy (non-hydrogen) atoms. The summed E-state index contributed by atoms with van der Waals surface area (Å²) >= 11 is 0. The Labute approximate surface area is 103 Å². The molecule has 108 valence electrons. The summed E-state index contributed by atoms with van der Waals surface area (Å²) in [7, 11) is 1.46. The van der Waals surface area contributed by atoms with Crippen LogP contribution in [0.25, 0.3) is 0 Å². The molecule has 0 aliphatic heterocycles. The van der Waals surface area contributed by atoms with Gasteiger partial charge in [0.25, 0.3) is 0 Å². The van der Waals surface area contributed by atoms with Crippen LogP contribution in [-0.2, 0) is 4.74 Å². The maximum absolute atomic E-state index is 12.6. The Morgan fingerprint density at radius 1 is 1.44 bits per heavy atom. The van der Waals surface area contributed by atoms with Crippen LogP contribution in [0.5, 0.6) is 0 Å². The number of halogens is 3. The van der Waals surface area contributed by atoms with Gasteiger partial charge in [0.1, 0.15) is 5.92 Å². The first kappa shape index (κ1) is 16.9. The molecule has 0 radical (unpaired) electrons. The Kier molecular flexibility index (Phi) is 7.64. The summed E-state index contributed by atoms with van der Waals surface area (Å²) in [5.74, 6) is -2.89. The van der Waals surface area contributed by atoms with Crippen LogP contribution in [0.3, 0.4) is 0 Å². The molecule has 0 bridgehead atoms. The summed E-state index contributed by atoms with van der Waals surface area (Å²) in [5.41, 5.74) is 5.02. The molecule has 0 aromatic rings. The molecule has 9 heteroatoms. The number of rotatable bonds is 8. The van der Waals surface area contributed by atoms with Crippen molar-refractivity contribution in [2.24, 2.45) is 16.8 Å². The van der Waals surface area contributed by atoms with Crippen molar-refractivity contribution in [1.29, 1.82) is 0 Å². The number of alkyl halides is 3. The van der Waals surface area contributed by atoms with E-state index in [1.165, 1.54) is 11.9 Å². The van der Waals surface area contributed by atoms with Gasteiger partial charge in [0.2, 0.25) is 0 Å². The lowest BCUT2D eigenvalue weighted by Gasteiger charge is -2.24. The van der Waals surface area contributed by atoms with E-state index in [4.69, 9.17) is 20.8 Å². The highest BCUT2D eigenvalue weighted by Crippen LogP contribution is 2.26. The minimum atomic E-state index is -4.57. The molecule has 0 amide bonds. The van der Waals surface area contributed by atoms with Crippen LogP contribution in [0.15, 0.2) is 5.16 Å². The predicted molar refractivity (Wildman–Crippen MR) is 58.4 cm³/mol. The Balaban J connectivity index is 4.25. The third-order valence-electron chi connectivity index (χ3n) is 2.21.